The van der Waals surface area contributed by atoms with E-state index in [9.17, 15) is 18.3 Å². The number of furan rings is 1. The zero-order valence-corrected chi connectivity index (χ0v) is 11.5. The first-order chi connectivity index (χ1) is 8.74. The molecule has 3 N–H and O–H groups in total. The SMILES string of the molecule is CCC(O)(CC)CNS(=O)(=O)c1ccc(C(=O)O)o1. The van der Waals surface area contributed by atoms with Crippen LogP contribution in [-0.4, -0.2) is 36.7 Å². The molecule has 1 aromatic rings. The van der Waals surface area contributed by atoms with Gasteiger partial charge in [-0.3, -0.25) is 0 Å². The average molecular weight is 291 g/mol. The van der Waals surface area contributed by atoms with E-state index >= 15 is 0 Å². The molecule has 0 aromatic carbocycles. The second-order valence-electron chi connectivity index (χ2n) is 4.18. The summed E-state index contributed by atoms with van der Waals surface area (Å²) in [6.45, 7) is 3.33. The smallest absolute Gasteiger partial charge is 0.371 e. The van der Waals surface area contributed by atoms with Gasteiger partial charge >= 0.3 is 5.97 Å². The minimum absolute atomic E-state index is 0.161. The van der Waals surface area contributed by atoms with Crippen LogP contribution in [0.4, 0.5) is 0 Å². The minimum atomic E-state index is -3.97. The van der Waals surface area contributed by atoms with Crippen LogP contribution in [0.3, 0.4) is 0 Å². The van der Waals surface area contributed by atoms with E-state index in [4.69, 9.17) is 9.52 Å². The summed E-state index contributed by atoms with van der Waals surface area (Å²) in [5.74, 6) is -1.80. The normalized spacial score (nSPS) is 12.6. The topological polar surface area (TPSA) is 117 Å². The molecule has 0 amide bonds. The third-order valence-corrected chi connectivity index (χ3v) is 4.24. The predicted molar refractivity (Wildman–Crippen MR) is 66.4 cm³/mol. The van der Waals surface area contributed by atoms with Crippen LogP contribution in [0.1, 0.15) is 37.2 Å². The van der Waals surface area contributed by atoms with Crippen LogP contribution in [0.2, 0.25) is 0 Å². The van der Waals surface area contributed by atoms with E-state index in [2.05, 4.69) is 4.72 Å². The lowest BCUT2D eigenvalue weighted by Gasteiger charge is -2.24. The zero-order valence-electron chi connectivity index (χ0n) is 10.7. The highest BCUT2D eigenvalue weighted by atomic mass is 32.2. The molecule has 19 heavy (non-hydrogen) atoms. The van der Waals surface area contributed by atoms with Crippen molar-refractivity contribution in [3.05, 3.63) is 17.9 Å². The largest absolute Gasteiger partial charge is 0.475 e. The van der Waals surface area contributed by atoms with Gasteiger partial charge in [-0.25, -0.2) is 17.9 Å². The molecule has 0 unspecified atom stereocenters. The van der Waals surface area contributed by atoms with Crippen molar-refractivity contribution in [2.45, 2.75) is 37.4 Å². The molecule has 0 atom stereocenters. The summed E-state index contributed by atoms with van der Waals surface area (Å²) in [6.07, 6.45) is 0.787. The zero-order chi connectivity index (χ0) is 14.7. The van der Waals surface area contributed by atoms with Crippen LogP contribution in [-0.2, 0) is 10.0 Å². The van der Waals surface area contributed by atoms with Crippen LogP contribution in [0, 0.1) is 0 Å². The fourth-order valence-corrected chi connectivity index (χ4v) is 2.43. The third-order valence-electron chi connectivity index (χ3n) is 2.96. The van der Waals surface area contributed by atoms with Gasteiger partial charge in [-0.05, 0) is 25.0 Å². The number of sulfonamides is 1. The molecular weight excluding hydrogens is 274 g/mol. The van der Waals surface area contributed by atoms with Gasteiger partial charge in [0.25, 0.3) is 10.0 Å². The van der Waals surface area contributed by atoms with E-state index in [1.54, 1.807) is 13.8 Å². The Labute approximate surface area is 111 Å². The summed E-state index contributed by atoms with van der Waals surface area (Å²) < 4.78 is 30.6. The van der Waals surface area contributed by atoms with Crippen molar-refractivity contribution < 1.29 is 27.8 Å². The Bertz CT molecular complexity index is 543. The standard InChI is InChI=1S/C11H17NO6S/c1-3-11(15,4-2)7-12-19(16,17)9-6-5-8(18-9)10(13)14/h5-6,12,15H,3-4,7H2,1-2H3,(H,13,14). The molecule has 0 aliphatic rings. The summed E-state index contributed by atoms with van der Waals surface area (Å²) in [5.41, 5.74) is -1.13. The van der Waals surface area contributed by atoms with Gasteiger partial charge in [-0.1, -0.05) is 13.8 Å². The van der Waals surface area contributed by atoms with Crippen molar-refractivity contribution in [2.24, 2.45) is 0 Å². The van der Waals surface area contributed by atoms with E-state index < -0.39 is 32.4 Å². The minimum Gasteiger partial charge on any atom is -0.475 e. The van der Waals surface area contributed by atoms with E-state index in [0.29, 0.717) is 12.8 Å². The Morgan fingerprint density at radius 3 is 2.37 bits per heavy atom. The lowest BCUT2D eigenvalue weighted by molar-refractivity contribution is 0.0376. The molecule has 0 radical (unpaired) electrons. The Morgan fingerprint density at radius 2 is 1.95 bits per heavy atom. The number of aliphatic hydroxyl groups is 1. The highest BCUT2D eigenvalue weighted by Crippen LogP contribution is 2.17. The van der Waals surface area contributed by atoms with Crippen molar-refractivity contribution in [1.82, 2.24) is 4.72 Å². The fourth-order valence-electron chi connectivity index (χ4n) is 1.38. The number of carboxylic acids is 1. The summed E-state index contributed by atoms with van der Waals surface area (Å²) >= 11 is 0. The number of carboxylic acid groups (broad SMARTS) is 1. The molecule has 0 saturated carbocycles. The van der Waals surface area contributed by atoms with Gasteiger partial charge in [-0.2, -0.15) is 0 Å². The average Bonchev–Trinajstić information content (AvgIpc) is 2.86. The quantitative estimate of drug-likeness (QED) is 0.684. The molecule has 0 bridgehead atoms. The summed E-state index contributed by atoms with van der Waals surface area (Å²) in [5, 5.41) is 18.1. The van der Waals surface area contributed by atoms with E-state index in [1.807, 2.05) is 0 Å². The number of hydrogen-bond donors (Lipinski definition) is 3. The van der Waals surface area contributed by atoms with Crippen molar-refractivity contribution in [2.75, 3.05) is 6.54 Å². The summed E-state index contributed by atoms with van der Waals surface area (Å²) in [7, 11) is -3.97. The van der Waals surface area contributed by atoms with Crippen molar-refractivity contribution in [3.8, 4) is 0 Å². The van der Waals surface area contributed by atoms with Gasteiger partial charge in [0.2, 0.25) is 10.9 Å². The molecule has 0 saturated heterocycles. The Morgan fingerprint density at radius 1 is 1.37 bits per heavy atom. The third kappa shape index (κ3) is 3.79. The summed E-state index contributed by atoms with van der Waals surface area (Å²) in [6, 6.07) is 2.12. The van der Waals surface area contributed by atoms with E-state index in [0.717, 1.165) is 12.1 Å². The molecular formula is C11H17NO6S. The van der Waals surface area contributed by atoms with Gasteiger partial charge in [0.15, 0.2) is 0 Å². The molecule has 1 heterocycles. The second kappa shape index (κ2) is 5.72. The lowest BCUT2D eigenvalue weighted by Crippen LogP contribution is -2.41. The highest BCUT2D eigenvalue weighted by molar-refractivity contribution is 7.89. The van der Waals surface area contributed by atoms with Gasteiger partial charge in [0, 0.05) is 6.54 Å². The predicted octanol–water partition coefficient (Wildman–Crippen LogP) is 0.807. The number of nitrogens with one attached hydrogen (secondary N) is 1. The number of hydrogen-bond acceptors (Lipinski definition) is 5. The van der Waals surface area contributed by atoms with Gasteiger partial charge in [0.1, 0.15) is 0 Å². The number of rotatable bonds is 7. The first-order valence-electron chi connectivity index (χ1n) is 5.79. The van der Waals surface area contributed by atoms with Gasteiger partial charge in [0.05, 0.1) is 5.60 Å². The van der Waals surface area contributed by atoms with Crippen molar-refractivity contribution in [1.29, 1.82) is 0 Å². The molecule has 0 fully saturated rings. The molecule has 1 rings (SSSR count). The number of carbonyl (C=O) groups is 1. The summed E-state index contributed by atoms with van der Waals surface area (Å²) in [4.78, 5) is 10.6. The first kappa shape index (κ1) is 15.7. The Kier molecular flexibility index (Phi) is 4.72. The van der Waals surface area contributed by atoms with Crippen LogP contribution in [0.15, 0.2) is 21.6 Å². The monoisotopic (exact) mass is 291 g/mol. The van der Waals surface area contributed by atoms with Gasteiger partial charge in [-0.15, -0.1) is 0 Å². The molecule has 0 aliphatic carbocycles. The van der Waals surface area contributed by atoms with E-state index in [1.165, 1.54) is 0 Å². The van der Waals surface area contributed by atoms with Crippen molar-refractivity contribution in [3.63, 3.8) is 0 Å². The maximum absolute atomic E-state index is 11.8. The molecule has 0 aliphatic heterocycles. The fraction of sp³-hybridized carbons (Fsp3) is 0.545. The maximum Gasteiger partial charge on any atom is 0.371 e. The second-order valence-corrected chi connectivity index (χ2v) is 5.88. The van der Waals surface area contributed by atoms with Crippen molar-refractivity contribution >= 4 is 16.0 Å². The molecule has 8 heteroatoms. The number of aromatic carboxylic acids is 1. The lowest BCUT2D eigenvalue weighted by atomic mass is 9.98. The van der Waals surface area contributed by atoms with Crippen LogP contribution < -0.4 is 4.72 Å². The van der Waals surface area contributed by atoms with Gasteiger partial charge < -0.3 is 14.6 Å². The highest BCUT2D eigenvalue weighted by Gasteiger charge is 2.27. The Balaban J connectivity index is 2.84. The van der Waals surface area contributed by atoms with E-state index in [-0.39, 0.29) is 6.54 Å². The first-order valence-corrected chi connectivity index (χ1v) is 7.27. The maximum atomic E-state index is 11.8. The molecule has 0 spiro atoms. The molecule has 108 valence electrons. The molecule has 7 nitrogen and oxygen atoms in total. The molecule has 1 aromatic heterocycles. The van der Waals surface area contributed by atoms with Crippen LogP contribution in [0.5, 0.6) is 0 Å². The Hall–Kier alpha value is -1.38. The van der Waals surface area contributed by atoms with Crippen LogP contribution in [0.25, 0.3) is 0 Å². The van der Waals surface area contributed by atoms with Crippen LogP contribution >= 0.6 is 0 Å².